The lowest BCUT2D eigenvalue weighted by Crippen LogP contribution is -2.29. The van der Waals surface area contributed by atoms with Crippen molar-refractivity contribution in [2.24, 2.45) is 7.05 Å². The van der Waals surface area contributed by atoms with Gasteiger partial charge in [0.15, 0.2) is 0 Å². The second-order valence-corrected chi connectivity index (χ2v) is 8.06. The number of carbonyl (C=O) groups excluding carboxylic acids is 3. The van der Waals surface area contributed by atoms with Crippen LogP contribution in [-0.4, -0.2) is 27.5 Å². The Morgan fingerprint density at radius 1 is 1.00 bits per heavy atom. The van der Waals surface area contributed by atoms with E-state index in [0.717, 1.165) is 20.8 Å². The number of hydrogen-bond donors (Lipinski definition) is 1. The number of aryl methyl sites for hydroxylation is 2. The van der Waals surface area contributed by atoms with Crippen molar-refractivity contribution in [1.82, 2.24) is 9.78 Å². The van der Waals surface area contributed by atoms with Gasteiger partial charge in [0.05, 0.1) is 27.4 Å². The summed E-state index contributed by atoms with van der Waals surface area (Å²) in [5.74, 6) is -0.992. The summed E-state index contributed by atoms with van der Waals surface area (Å²) in [6.07, 6.45) is 0. The Morgan fingerprint density at radius 3 is 2.37 bits per heavy atom. The standard InChI is InChI=1S/C22H16N4O3S/c1-12-17-11-18(30-22(17)25(2)24-12)19(27)23-13-6-5-7-14(10-13)26-20(28)15-8-3-4-9-16(15)21(26)29/h3-11H,1-2H3,(H,23,27). The number of thiophene rings is 1. The molecule has 30 heavy (non-hydrogen) atoms. The minimum atomic E-state index is -0.369. The van der Waals surface area contributed by atoms with Crippen LogP contribution in [0.3, 0.4) is 0 Å². The van der Waals surface area contributed by atoms with Gasteiger partial charge in [-0.05, 0) is 43.3 Å². The normalized spacial score (nSPS) is 13.2. The zero-order valence-electron chi connectivity index (χ0n) is 16.2. The van der Waals surface area contributed by atoms with Crippen LogP contribution in [0.5, 0.6) is 0 Å². The van der Waals surface area contributed by atoms with Crippen LogP contribution in [0.1, 0.15) is 36.1 Å². The molecule has 0 radical (unpaired) electrons. The summed E-state index contributed by atoms with van der Waals surface area (Å²) in [6, 6.07) is 15.3. The number of rotatable bonds is 3. The lowest BCUT2D eigenvalue weighted by molar-refractivity contribution is 0.0925. The Hall–Kier alpha value is -3.78. The van der Waals surface area contributed by atoms with E-state index in [2.05, 4.69) is 10.4 Å². The summed E-state index contributed by atoms with van der Waals surface area (Å²) in [5, 5.41) is 8.15. The molecule has 8 heteroatoms. The maximum Gasteiger partial charge on any atom is 0.266 e. The minimum absolute atomic E-state index is 0.255. The summed E-state index contributed by atoms with van der Waals surface area (Å²) < 4.78 is 1.76. The highest BCUT2D eigenvalue weighted by atomic mass is 32.1. The second-order valence-electron chi connectivity index (χ2n) is 7.03. The van der Waals surface area contributed by atoms with Gasteiger partial charge in [0.1, 0.15) is 4.83 Å². The lowest BCUT2D eigenvalue weighted by Gasteiger charge is -2.15. The maximum atomic E-state index is 12.8. The van der Waals surface area contributed by atoms with Crippen molar-refractivity contribution in [2.75, 3.05) is 10.2 Å². The van der Waals surface area contributed by atoms with E-state index < -0.39 is 0 Å². The molecule has 2 aromatic heterocycles. The molecule has 1 aliphatic heterocycles. The van der Waals surface area contributed by atoms with Crippen molar-refractivity contribution in [2.45, 2.75) is 6.92 Å². The molecule has 0 saturated carbocycles. The van der Waals surface area contributed by atoms with E-state index in [9.17, 15) is 14.4 Å². The SMILES string of the molecule is Cc1nn(C)c2sc(C(=O)Nc3cccc(N4C(=O)c5ccccc5C4=O)c3)cc12. The largest absolute Gasteiger partial charge is 0.321 e. The first-order valence-corrected chi connectivity index (χ1v) is 10.1. The van der Waals surface area contributed by atoms with Crippen molar-refractivity contribution in [3.63, 3.8) is 0 Å². The van der Waals surface area contributed by atoms with Gasteiger partial charge in [-0.25, -0.2) is 4.90 Å². The van der Waals surface area contributed by atoms with Crippen LogP contribution < -0.4 is 10.2 Å². The van der Waals surface area contributed by atoms with Gasteiger partial charge in [-0.1, -0.05) is 18.2 Å². The summed E-state index contributed by atoms with van der Waals surface area (Å²) in [6.45, 7) is 1.91. The first-order valence-electron chi connectivity index (χ1n) is 9.26. The highest BCUT2D eigenvalue weighted by molar-refractivity contribution is 7.20. The number of anilines is 2. The Bertz CT molecular complexity index is 1300. The predicted molar refractivity (Wildman–Crippen MR) is 115 cm³/mol. The smallest absolute Gasteiger partial charge is 0.266 e. The molecule has 3 heterocycles. The third-order valence-corrected chi connectivity index (χ3v) is 6.28. The number of nitrogens with one attached hydrogen (secondary N) is 1. The van der Waals surface area contributed by atoms with Crippen LogP contribution in [0.25, 0.3) is 10.2 Å². The molecule has 0 atom stereocenters. The van der Waals surface area contributed by atoms with Gasteiger partial charge in [-0.3, -0.25) is 19.1 Å². The zero-order valence-corrected chi connectivity index (χ0v) is 17.0. The number of hydrogen-bond acceptors (Lipinski definition) is 5. The number of amides is 3. The van der Waals surface area contributed by atoms with Crippen LogP contribution in [0.4, 0.5) is 11.4 Å². The third-order valence-electron chi connectivity index (χ3n) is 5.08. The molecule has 0 fully saturated rings. The molecule has 0 unspecified atom stereocenters. The second kappa shape index (κ2) is 6.64. The van der Waals surface area contributed by atoms with Gasteiger partial charge in [0, 0.05) is 18.1 Å². The van der Waals surface area contributed by atoms with Gasteiger partial charge in [0.25, 0.3) is 17.7 Å². The number of benzene rings is 2. The highest BCUT2D eigenvalue weighted by Crippen LogP contribution is 2.31. The highest BCUT2D eigenvalue weighted by Gasteiger charge is 2.36. The van der Waals surface area contributed by atoms with Crippen molar-refractivity contribution >= 4 is 50.6 Å². The number of nitrogens with zero attached hydrogens (tertiary/aromatic N) is 3. The monoisotopic (exact) mass is 416 g/mol. The first-order chi connectivity index (χ1) is 14.4. The number of imide groups is 1. The first kappa shape index (κ1) is 18.3. The molecule has 0 saturated heterocycles. The van der Waals surface area contributed by atoms with Gasteiger partial charge in [0.2, 0.25) is 0 Å². The Kier molecular flexibility index (Phi) is 4.04. The molecule has 3 amide bonds. The Labute approximate surface area is 175 Å². The van der Waals surface area contributed by atoms with Crippen LogP contribution in [0, 0.1) is 6.92 Å². The quantitative estimate of drug-likeness (QED) is 0.512. The fourth-order valence-electron chi connectivity index (χ4n) is 3.66. The molecule has 0 spiro atoms. The molecule has 4 aromatic rings. The topological polar surface area (TPSA) is 84.3 Å². The molecule has 0 aliphatic carbocycles. The van der Waals surface area contributed by atoms with E-state index in [-0.39, 0.29) is 17.7 Å². The average molecular weight is 416 g/mol. The van der Waals surface area contributed by atoms with Crippen molar-refractivity contribution < 1.29 is 14.4 Å². The summed E-state index contributed by atoms with van der Waals surface area (Å²) >= 11 is 1.36. The molecule has 1 N–H and O–H groups in total. The van der Waals surface area contributed by atoms with Gasteiger partial charge < -0.3 is 5.32 Å². The van der Waals surface area contributed by atoms with Crippen LogP contribution in [-0.2, 0) is 7.05 Å². The van der Waals surface area contributed by atoms with Gasteiger partial charge in [-0.15, -0.1) is 11.3 Å². The van der Waals surface area contributed by atoms with Gasteiger partial charge >= 0.3 is 0 Å². The number of fused-ring (bicyclic) bond motifs is 2. The van der Waals surface area contributed by atoms with Crippen molar-refractivity contribution in [1.29, 1.82) is 0 Å². The fraction of sp³-hybridized carbons (Fsp3) is 0.0909. The number of carbonyl (C=O) groups is 3. The van der Waals surface area contributed by atoms with E-state index in [1.54, 1.807) is 53.2 Å². The van der Waals surface area contributed by atoms with Crippen LogP contribution in [0.2, 0.25) is 0 Å². The molecule has 5 rings (SSSR count). The molecular formula is C22H16N4O3S. The van der Waals surface area contributed by atoms with Gasteiger partial charge in [-0.2, -0.15) is 5.10 Å². The van der Waals surface area contributed by atoms with Crippen molar-refractivity contribution in [3.05, 3.63) is 76.3 Å². The summed E-state index contributed by atoms with van der Waals surface area (Å²) in [7, 11) is 1.85. The zero-order chi connectivity index (χ0) is 21.0. The molecule has 0 bridgehead atoms. The third kappa shape index (κ3) is 2.73. The van der Waals surface area contributed by atoms with E-state index >= 15 is 0 Å². The van der Waals surface area contributed by atoms with E-state index in [1.165, 1.54) is 11.3 Å². The van der Waals surface area contributed by atoms with E-state index in [0.29, 0.717) is 27.4 Å². The summed E-state index contributed by atoms with van der Waals surface area (Å²) in [5.41, 5.74) is 2.55. The fourth-order valence-corrected chi connectivity index (χ4v) is 4.67. The minimum Gasteiger partial charge on any atom is -0.321 e. The van der Waals surface area contributed by atoms with Crippen LogP contribution >= 0.6 is 11.3 Å². The van der Waals surface area contributed by atoms with Crippen molar-refractivity contribution in [3.8, 4) is 0 Å². The predicted octanol–water partition coefficient (Wildman–Crippen LogP) is 4.00. The molecular weight excluding hydrogens is 400 g/mol. The van der Waals surface area contributed by atoms with E-state index in [1.807, 2.05) is 20.0 Å². The lowest BCUT2D eigenvalue weighted by atomic mass is 10.1. The molecule has 148 valence electrons. The molecule has 7 nitrogen and oxygen atoms in total. The molecule has 2 aromatic carbocycles. The maximum absolute atomic E-state index is 12.8. The average Bonchev–Trinajstić information content (AvgIpc) is 3.37. The van der Waals surface area contributed by atoms with E-state index in [4.69, 9.17) is 0 Å². The van der Waals surface area contributed by atoms with Crippen LogP contribution in [0.15, 0.2) is 54.6 Å². The number of aromatic nitrogens is 2. The Balaban J connectivity index is 1.43. The molecule has 1 aliphatic rings. The Morgan fingerprint density at radius 2 is 1.70 bits per heavy atom. The summed E-state index contributed by atoms with van der Waals surface area (Å²) in [4.78, 5) is 40.8.